The molecular weight excluding hydrogens is 320 g/mol. The van der Waals surface area contributed by atoms with Crippen molar-refractivity contribution >= 4 is 45.1 Å². The molecule has 4 rings (SSSR count). The van der Waals surface area contributed by atoms with Crippen LogP contribution >= 0.6 is 34.9 Å². The lowest BCUT2D eigenvalue weighted by Crippen LogP contribution is -2.26. The first kappa shape index (κ1) is 14.2. The van der Waals surface area contributed by atoms with E-state index in [0.717, 1.165) is 46.3 Å². The lowest BCUT2D eigenvalue weighted by atomic mass is 10.00. The van der Waals surface area contributed by atoms with Crippen molar-refractivity contribution in [1.29, 1.82) is 0 Å². The zero-order valence-electron chi connectivity index (χ0n) is 12.3. The van der Waals surface area contributed by atoms with Gasteiger partial charge < -0.3 is 0 Å². The van der Waals surface area contributed by atoms with E-state index in [2.05, 4.69) is 13.8 Å². The summed E-state index contributed by atoms with van der Waals surface area (Å²) in [6, 6.07) is 0. The number of rotatable bonds is 0. The summed E-state index contributed by atoms with van der Waals surface area (Å²) in [6.45, 7) is 5.37. The summed E-state index contributed by atoms with van der Waals surface area (Å²) >= 11 is 5.46. The third-order valence-electron chi connectivity index (χ3n) is 4.16. The van der Waals surface area contributed by atoms with Gasteiger partial charge in [0.1, 0.15) is 4.83 Å². The minimum Gasteiger partial charge on any atom is -0.287 e. The zero-order valence-corrected chi connectivity index (χ0v) is 14.7. The molecule has 0 bridgehead atoms. The Balaban J connectivity index is 1.98. The van der Waals surface area contributed by atoms with Crippen LogP contribution in [0.2, 0.25) is 0 Å². The fourth-order valence-corrected chi connectivity index (χ4v) is 6.46. The van der Waals surface area contributed by atoms with Crippen LogP contribution in [-0.2, 0) is 18.7 Å². The average Bonchev–Trinajstić information content (AvgIpc) is 2.62. The highest BCUT2D eigenvalue weighted by molar-refractivity contribution is 8.00. The van der Waals surface area contributed by atoms with Crippen molar-refractivity contribution in [1.82, 2.24) is 9.55 Å². The van der Waals surface area contributed by atoms with Gasteiger partial charge in [-0.3, -0.25) is 9.36 Å². The van der Waals surface area contributed by atoms with Crippen LogP contribution in [0.25, 0.3) is 10.2 Å². The number of hydrogen-bond acceptors (Lipinski definition) is 5. The molecule has 2 aromatic rings. The minimum absolute atomic E-state index is 0.199. The zero-order chi connectivity index (χ0) is 14.6. The Labute approximate surface area is 136 Å². The predicted molar refractivity (Wildman–Crippen MR) is 92.9 cm³/mol. The fraction of sp³-hybridized carbons (Fsp3) is 0.600. The van der Waals surface area contributed by atoms with Gasteiger partial charge in [-0.1, -0.05) is 25.6 Å². The van der Waals surface area contributed by atoms with Gasteiger partial charge in [0.05, 0.1) is 5.39 Å². The Morgan fingerprint density at radius 2 is 2.14 bits per heavy atom. The van der Waals surface area contributed by atoms with Crippen LogP contribution in [0.1, 0.15) is 37.1 Å². The van der Waals surface area contributed by atoms with E-state index in [-0.39, 0.29) is 10.3 Å². The van der Waals surface area contributed by atoms with E-state index in [1.165, 1.54) is 16.9 Å². The molecule has 2 aromatic heterocycles. The molecule has 112 valence electrons. The molecule has 0 unspecified atom stereocenters. The van der Waals surface area contributed by atoms with Crippen molar-refractivity contribution in [2.45, 2.75) is 55.3 Å². The highest BCUT2D eigenvalue weighted by Gasteiger charge is 2.31. The molecule has 0 saturated carbocycles. The smallest absolute Gasteiger partial charge is 0.263 e. The van der Waals surface area contributed by atoms with Gasteiger partial charge in [-0.15, -0.1) is 23.1 Å². The van der Waals surface area contributed by atoms with Gasteiger partial charge in [-0.05, 0) is 24.8 Å². The second kappa shape index (κ2) is 5.03. The summed E-state index contributed by atoms with van der Waals surface area (Å²) in [6.07, 6.45) is 3.24. The van der Waals surface area contributed by atoms with Crippen LogP contribution in [0, 0.1) is 0 Å². The normalized spacial score (nSPS) is 20.9. The van der Waals surface area contributed by atoms with Crippen LogP contribution < -0.4 is 5.56 Å². The van der Waals surface area contributed by atoms with Crippen LogP contribution in [0.4, 0.5) is 0 Å². The molecule has 4 heterocycles. The first-order valence-corrected chi connectivity index (χ1v) is 10.2. The molecule has 3 nitrogen and oxygen atoms in total. The molecule has 0 radical (unpaired) electrons. The summed E-state index contributed by atoms with van der Waals surface area (Å²) in [7, 11) is 0. The van der Waals surface area contributed by atoms with Crippen LogP contribution in [0.3, 0.4) is 0 Å². The van der Waals surface area contributed by atoms with Gasteiger partial charge in [0.15, 0.2) is 5.16 Å². The van der Waals surface area contributed by atoms with Gasteiger partial charge in [-0.2, -0.15) is 0 Å². The molecule has 0 saturated heterocycles. The molecule has 0 aliphatic carbocycles. The fourth-order valence-electron chi connectivity index (χ4n) is 3.05. The third kappa shape index (κ3) is 2.35. The Morgan fingerprint density at radius 3 is 3.00 bits per heavy atom. The summed E-state index contributed by atoms with van der Waals surface area (Å²) in [4.78, 5) is 20.1. The van der Waals surface area contributed by atoms with Gasteiger partial charge in [0, 0.05) is 27.7 Å². The molecule has 0 spiro atoms. The number of thiophene rings is 1. The van der Waals surface area contributed by atoms with Crippen LogP contribution in [0.15, 0.2) is 9.95 Å². The highest BCUT2D eigenvalue weighted by atomic mass is 32.2. The van der Waals surface area contributed by atoms with Gasteiger partial charge in [0.25, 0.3) is 5.56 Å². The van der Waals surface area contributed by atoms with Crippen molar-refractivity contribution in [3.05, 3.63) is 20.8 Å². The summed E-state index contributed by atoms with van der Waals surface area (Å²) in [5.41, 5.74) is 1.48. The standard InChI is InChI=1S/C15H18N2OS3/c1-15(2)7-9-10(8-20-15)21-12-11(9)13(18)17-5-3-4-6-19-14(17)16-12/h3-8H2,1-2H3. The average molecular weight is 339 g/mol. The van der Waals surface area contributed by atoms with Crippen LogP contribution in [-0.4, -0.2) is 20.1 Å². The molecule has 2 aliphatic rings. The molecule has 6 heteroatoms. The Bertz CT molecular complexity index is 775. The Kier molecular flexibility index (Phi) is 3.39. The quantitative estimate of drug-likeness (QED) is 0.682. The van der Waals surface area contributed by atoms with Crippen molar-refractivity contribution in [3.63, 3.8) is 0 Å². The minimum atomic E-state index is 0.199. The number of thioether (sulfide) groups is 2. The summed E-state index contributed by atoms with van der Waals surface area (Å²) in [5.74, 6) is 2.09. The molecule has 0 atom stereocenters. The van der Waals surface area contributed by atoms with Crippen LogP contribution in [0.5, 0.6) is 0 Å². The monoisotopic (exact) mass is 338 g/mol. The number of fused-ring (bicyclic) bond motifs is 4. The second-order valence-corrected chi connectivity index (χ2v) is 10.1. The number of hydrogen-bond donors (Lipinski definition) is 0. The van der Waals surface area contributed by atoms with E-state index in [9.17, 15) is 4.79 Å². The van der Waals surface area contributed by atoms with E-state index in [1.807, 2.05) is 16.3 Å². The maximum atomic E-state index is 13.0. The molecule has 0 amide bonds. The third-order valence-corrected chi connectivity index (χ3v) is 7.89. The molecular formula is C15H18N2OS3. The second-order valence-electron chi connectivity index (χ2n) is 6.32. The first-order valence-electron chi connectivity index (χ1n) is 7.37. The molecule has 2 aliphatic heterocycles. The van der Waals surface area contributed by atoms with E-state index in [1.54, 1.807) is 23.1 Å². The first-order chi connectivity index (χ1) is 10.1. The van der Waals surface area contributed by atoms with Crippen molar-refractivity contribution in [2.75, 3.05) is 5.75 Å². The van der Waals surface area contributed by atoms with Crippen molar-refractivity contribution in [3.8, 4) is 0 Å². The van der Waals surface area contributed by atoms with E-state index in [0.29, 0.717) is 0 Å². The topological polar surface area (TPSA) is 34.9 Å². The molecule has 0 N–H and O–H groups in total. The predicted octanol–water partition coefficient (Wildman–Crippen LogP) is 3.91. The van der Waals surface area contributed by atoms with Gasteiger partial charge >= 0.3 is 0 Å². The largest absolute Gasteiger partial charge is 0.287 e. The van der Waals surface area contributed by atoms with E-state index in [4.69, 9.17) is 4.98 Å². The van der Waals surface area contributed by atoms with Gasteiger partial charge in [-0.25, -0.2) is 4.98 Å². The number of aromatic nitrogens is 2. The highest BCUT2D eigenvalue weighted by Crippen LogP contribution is 2.44. The maximum Gasteiger partial charge on any atom is 0.263 e. The summed E-state index contributed by atoms with van der Waals surface area (Å²) in [5, 5.41) is 1.84. The number of nitrogens with zero attached hydrogens (tertiary/aromatic N) is 2. The molecule has 0 aromatic carbocycles. The van der Waals surface area contributed by atoms with Crippen molar-refractivity contribution < 1.29 is 0 Å². The van der Waals surface area contributed by atoms with Crippen molar-refractivity contribution in [2.24, 2.45) is 0 Å². The SMILES string of the molecule is CC1(C)Cc2c(sc3nc4n(c(=O)c23)CCCCS4)CS1. The lowest BCUT2D eigenvalue weighted by molar-refractivity contribution is 0.571. The van der Waals surface area contributed by atoms with E-state index < -0.39 is 0 Å². The maximum absolute atomic E-state index is 13.0. The molecule has 0 fully saturated rings. The Morgan fingerprint density at radius 1 is 1.29 bits per heavy atom. The van der Waals surface area contributed by atoms with Gasteiger partial charge in [0.2, 0.25) is 0 Å². The van der Waals surface area contributed by atoms with E-state index >= 15 is 0 Å². The summed E-state index contributed by atoms with van der Waals surface area (Å²) < 4.78 is 2.14. The lowest BCUT2D eigenvalue weighted by Gasteiger charge is -2.28. The Hall–Kier alpha value is -0.460. The molecule has 21 heavy (non-hydrogen) atoms.